The van der Waals surface area contributed by atoms with Crippen LogP contribution in [0.2, 0.25) is 0 Å². The third-order valence-corrected chi connectivity index (χ3v) is 2.98. The first-order valence-electron chi connectivity index (χ1n) is 4.32. The number of hydrogen-bond acceptors (Lipinski definition) is 4. The van der Waals surface area contributed by atoms with E-state index in [2.05, 4.69) is 4.99 Å². The van der Waals surface area contributed by atoms with E-state index >= 15 is 0 Å². The Labute approximate surface area is 91.0 Å². The van der Waals surface area contributed by atoms with Gasteiger partial charge in [0.15, 0.2) is 11.5 Å². The lowest BCUT2D eigenvalue weighted by molar-refractivity contribution is -0.115. The molecule has 1 amide bonds. The molecule has 78 valence electrons. The molecule has 0 aliphatic carbocycles. The lowest BCUT2D eigenvalue weighted by atomic mass is 10.2. The second-order valence-electron chi connectivity index (χ2n) is 2.99. The number of rotatable bonds is 2. The highest BCUT2D eigenvalue weighted by Gasteiger charge is 2.17. The van der Waals surface area contributed by atoms with Crippen molar-refractivity contribution in [3.8, 4) is 11.5 Å². The minimum atomic E-state index is -0.123. The number of aromatic hydroxyl groups is 1. The summed E-state index contributed by atoms with van der Waals surface area (Å²) in [6.07, 6.45) is 0. The minimum absolute atomic E-state index is 0.0798. The van der Waals surface area contributed by atoms with Crippen LogP contribution in [0.15, 0.2) is 23.2 Å². The Morgan fingerprint density at radius 1 is 1.53 bits per heavy atom. The molecule has 0 fully saturated rings. The van der Waals surface area contributed by atoms with Crippen LogP contribution >= 0.6 is 11.8 Å². The summed E-state index contributed by atoms with van der Waals surface area (Å²) in [5.41, 5.74) is 0.792. The molecule has 0 spiro atoms. The second kappa shape index (κ2) is 3.94. The summed E-state index contributed by atoms with van der Waals surface area (Å²) < 4.78 is 4.97. The molecule has 1 N–H and O–H groups in total. The number of nitrogens with zero attached hydrogens (tertiary/aromatic N) is 1. The van der Waals surface area contributed by atoms with E-state index in [-0.39, 0.29) is 11.7 Å². The van der Waals surface area contributed by atoms with E-state index < -0.39 is 0 Å². The Hall–Kier alpha value is -1.49. The molecule has 5 heteroatoms. The van der Waals surface area contributed by atoms with Gasteiger partial charge in [-0.3, -0.25) is 4.79 Å². The van der Waals surface area contributed by atoms with Crippen LogP contribution in [-0.2, 0) is 4.79 Å². The van der Waals surface area contributed by atoms with E-state index in [1.54, 1.807) is 12.1 Å². The van der Waals surface area contributed by atoms with Crippen molar-refractivity contribution in [3.05, 3.63) is 23.8 Å². The van der Waals surface area contributed by atoms with Crippen molar-refractivity contribution >= 4 is 22.7 Å². The Balaban J connectivity index is 2.37. The standard InChI is InChI=1S/C10H9NO3S/c1-14-8-4-6(2-3-7(8)12)10-11-9(13)5-15-10/h2-4,12H,5H2,1H3. The van der Waals surface area contributed by atoms with Gasteiger partial charge in [-0.2, -0.15) is 0 Å². The van der Waals surface area contributed by atoms with Gasteiger partial charge in [0, 0.05) is 5.56 Å². The number of benzene rings is 1. The lowest BCUT2D eigenvalue weighted by Gasteiger charge is -2.05. The molecule has 2 rings (SSSR count). The van der Waals surface area contributed by atoms with Crippen molar-refractivity contribution in [1.82, 2.24) is 0 Å². The first-order chi connectivity index (χ1) is 7.20. The van der Waals surface area contributed by atoms with Crippen molar-refractivity contribution < 1.29 is 14.6 Å². The van der Waals surface area contributed by atoms with Crippen molar-refractivity contribution in [1.29, 1.82) is 0 Å². The summed E-state index contributed by atoms with van der Waals surface area (Å²) in [5, 5.41) is 10.1. The number of phenols is 1. The molecule has 0 bridgehead atoms. The van der Waals surface area contributed by atoms with E-state index in [0.717, 1.165) is 5.56 Å². The average molecular weight is 223 g/mol. The minimum Gasteiger partial charge on any atom is -0.504 e. The Kier molecular flexibility index (Phi) is 2.64. The fraction of sp³-hybridized carbons (Fsp3) is 0.200. The Bertz CT molecular complexity index is 442. The second-order valence-corrected chi connectivity index (χ2v) is 3.95. The van der Waals surface area contributed by atoms with Crippen molar-refractivity contribution in [2.75, 3.05) is 12.9 Å². The summed E-state index contributed by atoms with van der Waals surface area (Å²) in [7, 11) is 1.48. The zero-order valence-corrected chi connectivity index (χ0v) is 8.87. The number of carbonyl (C=O) groups is 1. The SMILES string of the molecule is COc1cc(C2=NC(=O)CS2)ccc1O. The fourth-order valence-corrected chi connectivity index (χ4v) is 2.05. The predicted molar refractivity (Wildman–Crippen MR) is 58.7 cm³/mol. The monoisotopic (exact) mass is 223 g/mol. The van der Waals surface area contributed by atoms with Gasteiger partial charge in [0.2, 0.25) is 0 Å². The molecule has 1 aromatic carbocycles. The molecule has 1 aliphatic heterocycles. The zero-order chi connectivity index (χ0) is 10.8. The van der Waals surface area contributed by atoms with Crippen LogP contribution in [0.5, 0.6) is 11.5 Å². The quantitative estimate of drug-likeness (QED) is 0.823. The molecule has 0 saturated carbocycles. The molecule has 15 heavy (non-hydrogen) atoms. The highest BCUT2D eigenvalue weighted by atomic mass is 32.2. The normalized spacial score (nSPS) is 15.3. The lowest BCUT2D eigenvalue weighted by Crippen LogP contribution is -1.93. The number of methoxy groups -OCH3 is 1. The first kappa shape index (κ1) is 10.0. The van der Waals surface area contributed by atoms with Crippen molar-refractivity contribution in [3.63, 3.8) is 0 Å². The molecule has 0 atom stereocenters. The van der Waals surface area contributed by atoms with Crippen LogP contribution in [-0.4, -0.2) is 28.9 Å². The Morgan fingerprint density at radius 2 is 2.33 bits per heavy atom. The van der Waals surface area contributed by atoms with Gasteiger partial charge in [-0.15, -0.1) is 0 Å². The maximum Gasteiger partial charge on any atom is 0.257 e. The first-order valence-corrected chi connectivity index (χ1v) is 5.31. The Morgan fingerprint density at radius 3 is 2.93 bits per heavy atom. The average Bonchev–Trinajstić information content (AvgIpc) is 2.66. The fourth-order valence-electron chi connectivity index (χ4n) is 1.27. The molecule has 1 aliphatic rings. The number of amides is 1. The van der Waals surface area contributed by atoms with E-state index in [0.29, 0.717) is 16.5 Å². The van der Waals surface area contributed by atoms with Gasteiger partial charge in [-0.05, 0) is 18.2 Å². The molecule has 1 heterocycles. The molecular weight excluding hydrogens is 214 g/mol. The van der Waals surface area contributed by atoms with Crippen LogP contribution in [0.4, 0.5) is 0 Å². The number of ether oxygens (including phenoxy) is 1. The number of hydrogen-bond donors (Lipinski definition) is 1. The summed E-state index contributed by atoms with van der Waals surface area (Å²) in [4.78, 5) is 14.8. The van der Waals surface area contributed by atoms with Crippen LogP contribution in [0.25, 0.3) is 0 Å². The van der Waals surface area contributed by atoms with E-state index in [4.69, 9.17) is 4.74 Å². The predicted octanol–water partition coefficient (Wildman–Crippen LogP) is 1.42. The molecule has 4 nitrogen and oxygen atoms in total. The van der Waals surface area contributed by atoms with Crippen LogP contribution in [0.3, 0.4) is 0 Å². The van der Waals surface area contributed by atoms with Gasteiger partial charge in [0.05, 0.1) is 12.9 Å². The maximum absolute atomic E-state index is 11.0. The molecular formula is C10H9NO3S. The van der Waals surface area contributed by atoms with Gasteiger partial charge in [-0.1, -0.05) is 11.8 Å². The third-order valence-electron chi connectivity index (χ3n) is 1.99. The molecule has 0 aromatic heterocycles. The highest BCUT2D eigenvalue weighted by molar-refractivity contribution is 8.15. The van der Waals surface area contributed by atoms with Crippen molar-refractivity contribution in [2.24, 2.45) is 4.99 Å². The van der Waals surface area contributed by atoms with Crippen LogP contribution in [0.1, 0.15) is 5.56 Å². The summed E-state index contributed by atoms with van der Waals surface area (Å²) in [6, 6.07) is 4.90. The number of phenolic OH excluding ortho intramolecular Hbond substituents is 1. The topological polar surface area (TPSA) is 58.9 Å². The van der Waals surface area contributed by atoms with Gasteiger partial charge in [-0.25, -0.2) is 4.99 Å². The van der Waals surface area contributed by atoms with Crippen LogP contribution in [0, 0.1) is 0 Å². The summed E-state index contributed by atoms with van der Waals surface area (Å²) in [6.45, 7) is 0. The largest absolute Gasteiger partial charge is 0.504 e. The van der Waals surface area contributed by atoms with Crippen molar-refractivity contribution in [2.45, 2.75) is 0 Å². The van der Waals surface area contributed by atoms with E-state index in [1.165, 1.54) is 24.9 Å². The van der Waals surface area contributed by atoms with Gasteiger partial charge in [0.25, 0.3) is 5.91 Å². The number of thioether (sulfide) groups is 1. The van der Waals surface area contributed by atoms with E-state index in [9.17, 15) is 9.90 Å². The summed E-state index contributed by atoms with van der Waals surface area (Å²) in [5.74, 6) is 0.729. The number of aliphatic imine (C=N–C) groups is 1. The zero-order valence-electron chi connectivity index (χ0n) is 8.06. The van der Waals surface area contributed by atoms with Gasteiger partial charge >= 0.3 is 0 Å². The van der Waals surface area contributed by atoms with E-state index in [1.807, 2.05) is 0 Å². The van der Waals surface area contributed by atoms with Gasteiger partial charge < -0.3 is 9.84 Å². The number of carbonyl (C=O) groups excluding carboxylic acids is 1. The maximum atomic E-state index is 11.0. The molecule has 0 unspecified atom stereocenters. The highest BCUT2D eigenvalue weighted by Crippen LogP contribution is 2.29. The molecule has 0 saturated heterocycles. The smallest absolute Gasteiger partial charge is 0.257 e. The molecule has 0 radical (unpaired) electrons. The molecule has 1 aromatic rings. The third kappa shape index (κ3) is 1.97. The van der Waals surface area contributed by atoms with Gasteiger partial charge in [0.1, 0.15) is 5.04 Å². The summed E-state index contributed by atoms with van der Waals surface area (Å²) >= 11 is 1.39. The van der Waals surface area contributed by atoms with Crippen LogP contribution < -0.4 is 4.74 Å².